The molecule has 0 saturated heterocycles. The zero-order valence-electron chi connectivity index (χ0n) is 11.6. The van der Waals surface area contributed by atoms with Crippen molar-refractivity contribution in [1.29, 1.82) is 0 Å². The van der Waals surface area contributed by atoms with E-state index in [-0.39, 0.29) is 28.7 Å². The molecule has 0 fully saturated rings. The van der Waals surface area contributed by atoms with Gasteiger partial charge in [-0.05, 0) is 32.9 Å². The molecule has 0 amide bonds. The van der Waals surface area contributed by atoms with Crippen LogP contribution in [0.4, 0.5) is 4.39 Å². The van der Waals surface area contributed by atoms with Crippen molar-refractivity contribution >= 4 is 27.0 Å². The van der Waals surface area contributed by atoms with Crippen molar-refractivity contribution in [3.63, 3.8) is 0 Å². The maximum Gasteiger partial charge on any atom is 0.158 e. The largest absolute Gasteiger partial charge is 0.492 e. The van der Waals surface area contributed by atoms with Gasteiger partial charge in [0.05, 0.1) is 10.5 Å². The second kappa shape index (κ2) is 6.05. The van der Waals surface area contributed by atoms with Gasteiger partial charge in [0.1, 0.15) is 23.2 Å². The Kier molecular flexibility index (Phi) is 5.10. The third-order valence-corrected chi connectivity index (χ3v) is 5.55. The van der Waals surface area contributed by atoms with E-state index >= 15 is 0 Å². The third kappa shape index (κ3) is 4.14. The summed E-state index contributed by atoms with van der Waals surface area (Å²) < 4.78 is 41.7. The van der Waals surface area contributed by atoms with Gasteiger partial charge in [-0.25, -0.2) is 12.8 Å². The second-order valence-electron chi connectivity index (χ2n) is 5.29. The number of sulfone groups is 1. The number of ether oxygens (including phenoxy) is 1. The molecule has 0 aromatic heterocycles. The van der Waals surface area contributed by atoms with Gasteiger partial charge in [-0.1, -0.05) is 12.2 Å². The summed E-state index contributed by atoms with van der Waals surface area (Å²) >= 11 is 4.69. The van der Waals surface area contributed by atoms with Gasteiger partial charge < -0.3 is 10.5 Å². The fourth-order valence-corrected chi connectivity index (χ4v) is 2.44. The van der Waals surface area contributed by atoms with E-state index in [1.165, 1.54) is 12.1 Å². The second-order valence-corrected chi connectivity index (χ2v) is 8.59. The zero-order chi connectivity index (χ0) is 15.6. The molecule has 7 heteroatoms. The number of hydrogen-bond acceptors (Lipinski definition) is 4. The van der Waals surface area contributed by atoms with Crippen molar-refractivity contribution in [1.82, 2.24) is 0 Å². The molecule has 1 aromatic rings. The molecular formula is C13H18FNO3S2. The monoisotopic (exact) mass is 319 g/mol. The van der Waals surface area contributed by atoms with Gasteiger partial charge in [0.15, 0.2) is 9.84 Å². The van der Waals surface area contributed by atoms with Gasteiger partial charge in [0, 0.05) is 11.6 Å². The summed E-state index contributed by atoms with van der Waals surface area (Å²) in [5, 5.41) is 0. The van der Waals surface area contributed by atoms with Crippen molar-refractivity contribution in [2.24, 2.45) is 5.73 Å². The normalized spacial score (nSPS) is 12.2. The maximum absolute atomic E-state index is 13.6. The standard InChI is InChI=1S/C13H18FNO3S2/c1-13(2,3)20(16,17)7-6-18-9-4-5-10(12(15)19)11(14)8-9/h4-5,8H,6-7H2,1-3H3,(H2,15,19). The van der Waals surface area contributed by atoms with Crippen LogP contribution >= 0.6 is 12.2 Å². The van der Waals surface area contributed by atoms with E-state index in [0.29, 0.717) is 0 Å². The number of rotatable bonds is 5. The minimum absolute atomic E-state index is 0.0362. The minimum atomic E-state index is -3.26. The highest BCUT2D eigenvalue weighted by Gasteiger charge is 2.28. The van der Waals surface area contributed by atoms with E-state index in [9.17, 15) is 12.8 Å². The Morgan fingerprint density at radius 3 is 2.45 bits per heavy atom. The van der Waals surface area contributed by atoms with Gasteiger partial charge in [-0.3, -0.25) is 0 Å². The van der Waals surface area contributed by atoms with E-state index in [2.05, 4.69) is 12.2 Å². The van der Waals surface area contributed by atoms with Crippen LogP contribution in [0.2, 0.25) is 0 Å². The van der Waals surface area contributed by atoms with Gasteiger partial charge in [0.25, 0.3) is 0 Å². The fourth-order valence-electron chi connectivity index (χ4n) is 1.36. The first kappa shape index (κ1) is 16.8. The molecule has 0 saturated carbocycles. The fraction of sp³-hybridized carbons (Fsp3) is 0.462. The van der Waals surface area contributed by atoms with Crippen molar-refractivity contribution in [3.05, 3.63) is 29.6 Å². The van der Waals surface area contributed by atoms with Crippen LogP contribution in [0.15, 0.2) is 18.2 Å². The van der Waals surface area contributed by atoms with Crippen LogP contribution in [0.1, 0.15) is 26.3 Å². The van der Waals surface area contributed by atoms with Gasteiger partial charge in [0.2, 0.25) is 0 Å². The summed E-state index contributed by atoms with van der Waals surface area (Å²) in [4.78, 5) is -0.0376. The molecule has 0 aliphatic rings. The highest BCUT2D eigenvalue weighted by Crippen LogP contribution is 2.19. The summed E-state index contributed by atoms with van der Waals surface area (Å²) in [7, 11) is -3.26. The molecule has 112 valence electrons. The van der Waals surface area contributed by atoms with Crippen LogP contribution in [0.25, 0.3) is 0 Å². The lowest BCUT2D eigenvalue weighted by Crippen LogP contribution is -2.32. The topological polar surface area (TPSA) is 69.4 Å². The van der Waals surface area contributed by atoms with Gasteiger partial charge in [-0.15, -0.1) is 0 Å². The lowest BCUT2D eigenvalue weighted by atomic mass is 10.2. The highest BCUT2D eigenvalue weighted by atomic mass is 32.2. The average molecular weight is 319 g/mol. The summed E-state index contributed by atoms with van der Waals surface area (Å²) in [6.07, 6.45) is 0. The Hall–Kier alpha value is -1.21. The summed E-state index contributed by atoms with van der Waals surface area (Å²) in [6, 6.07) is 4.05. The molecule has 1 rings (SSSR count). The van der Waals surface area contributed by atoms with E-state index in [1.54, 1.807) is 20.8 Å². The number of hydrogen-bond donors (Lipinski definition) is 1. The summed E-state index contributed by atoms with van der Waals surface area (Å²) in [5.41, 5.74) is 5.47. The molecule has 0 bridgehead atoms. The Bertz CT molecular complexity index is 607. The molecule has 0 radical (unpaired) electrons. The molecular weight excluding hydrogens is 301 g/mol. The van der Waals surface area contributed by atoms with E-state index in [1.807, 2.05) is 0 Å². The lowest BCUT2D eigenvalue weighted by Gasteiger charge is -2.19. The maximum atomic E-state index is 13.6. The first-order valence-corrected chi connectivity index (χ1v) is 8.05. The van der Waals surface area contributed by atoms with Crippen LogP contribution in [0.3, 0.4) is 0 Å². The van der Waals surface area contributed by atoms with Crippen LogP contribution < -0.4 is 10.5 Å². The number of thiocarbonyl (C=S) groups is 1. The molecule has 0 unspecified atom stereocenters. The molecule has 20 heavy (non-hydrogen) atoms. The summed E-state index contributed by atoms with van der Waals surface area (Å²) in [6.45, 7) is 4.84. The molecule has 0 atom stereocenters. The van der Waals surface area contributed by atoms with Crippen LogP contribution in [-0.4, -0.2) is 30.5 Å². The Morgan fingerprint density at radius 1 is 1.40 bits per heavy atom. The van der Waals surface area contributed by atoms with Gasteiger partial charge in [-0.2, -0.15) is 0 Å². The van der Waals surface area contributed by atoms with Crippen molar-refractivity contribution in [2.45, 2.75) is 25.5 Å². The quantitative estimate of drug-likeness (QED) is 0.841. The van der Waals surface area contributed by atoms with Crippen molar-refractivity contribution in [3.8, 4) is 5.75 Å². The minimum Gasteiger partial charge on any atom is -0.492 e. The van der Waals surface area contributed by atoms with Crippen molar-refractivity contribution in [2.75, 3.05) is 12.4 Å². The number of benzene rings is 1. The Balaban J connectivity index is 2.69. The SMILES string of the molecule is CC(C)(C)S(=O)(=O)CCOc1ccc(C(N)=S)c(F)c1. The van der Waals surface area contributed by atoms with E-state index in [4.69, 9.17) is 10.5 Å². The Labute approximate surface area is 124 Å². The molecule has 2 N–H and O–H groups in total. The van der Waals surface area contributed by atoms with Gasteiger partial charge >= 0.3 is 0 Å². The first-order chi connectivity index (χ1) is 9.04. The van der Waals surface area contributed by atoms with E-state index in [0.717, 1.165) is 6.07 Å². The third-order valence-electron chi connectivity index (χ3n) is 2.76. The first-order valence-electron chi connectivity index (χ1n) is 5.99. The van der Waals surface area contributed by atoms with Crippen LogP contribution in [0.5, 0.6) is 5.75 Å². The van der Waals surface area contributed by atoms with Crippen LogP contribution in [0, 0.1) is 5.82 Å². The lowest BCUT2D eigenvalue weighted by molar-refractivity contribution is 0.338. The summed E-state index contributed by atoms with van der Waals surface area (Å²) in [5.74, 6) is -0.477. The van der Waals surface area contributed by atoms with E-state index < -0.39 is 20.4 Å². The van der Waals surface area contributed by atoms with Crippen molar-refractivity contribution < 1.29 is 17.5 Å². The predicted molar refractivity (Wildman–Crippen MR) is 81.3 cm³/mol. The average Bonchev–Trinajstić information content (AvgIpc) is 2.26. The molecule has 0 heterocycles. The predicted octanol–water partition coefficient (Wildman–Crippen LogP) is 2.05. The number of nitrogens with two attached hydrogens (primary N) is 1. The zero-order valence-corrected chi connectivity index (χ0v) is 13.3. The highest BCUT2D eigenvalue weighted by molar-refractivity contribution is 7.92. The number of halogens is 1. The molecule has 0 aliphatic heterocycles. The molecule has 0 aliphatic carbocycles. The Morgan fingerprint density at radius 2 is 2.00 bits per heavy atom. The van der Waals surface area contributed by atoms with Crippen LogP contribution in [-0.2, 0) is 9.84 Å². The molecule has 4 nitrogen and oxygen atoms in total. The molecule has 1 aromatic carbocycles. The smallest absolute Gasteiger partial charge is 0.158 e. The molecule has 0 spiro atoms.